The van der Waals surface area contributed by atoms with Crippen LogP contribution in [0.3, 0.4) is 0 Å². The monoisotopic (exact) mass is 609 g/mol. The maximum absolute atomic E-state index is 14.0. The van der Waals surface area contributed by atoms with Crippen LogP contribution >= 0.6 is 7.75 Å². The van der Waals surface area contributed by atoms with E-state index in [9.17, 15) is 9.36 Å². The zero-order valence-corrected chi connectivity index (χ0v) is 25.3. The first-order valence-electron chi connectivity index (χ1n) is 15.3. The normalized spacial score (nSPS) is 23.0. The number of hydrogen-bond donors (Lipinski definition) is 3. The van der Waals surface area contributed by atoms with Crippen LogP contribution in [0, 0.1) is 5.92 Å². The van der Waals surface area contributed by atoms with E-state index in [0.717, 1.165) is 51.4 Å². The second kappa shape index (κ2) is 13.0. The highest BCUT2D eigenvalue weighted by atomic mass is 31.2. The number of nitrogens with two attached hydrogens (primary N) is 1. The van der Waals surface area contributed by atoms with E-state index in [1.807, 2.05) is 16.7 Å². The van der Waals surface area contributed by atoms with Crippen LogP contribution in [-0.4, -0.2) is 50.3 Å². The van der Waals surface area contributed by atoms with Gasteiger partial charge in [-0.2, -0.15) is 15.1 Å². The molecule has 230 valence electrons. The zero-order chi connectivity index (χ0) is 29.8. The van der Waals surface area contributed by atoms with E-state index in [-0.39, 0.29) is 30.6 Å². The molecule has 3 aliphatic rings. The highest BCUT2D eigenvalue weighted by Crippen LogP contribution is 2.46. The first-order valence-corrected chi connectivity index (χ1v) is 16.8. The Bertz CT molecular complexity index is 1490. The highest BCUT2D eigenvalue weighted by molar-refractivity contribution is 7.52. The number of carbonyl (C=O) groups is 1. The third kappa shape index (κ3) is 7.55. The van der Waals surface area contributed by atoms with Crippen molar-refractivity contribution in [2.75, 3.05) is 17.7 Å². The van der Waals surface area contributed by atoms with Crippen LogP contribution in [0.1, 0.15) is 70.8 Å². The average molecular weight is 610 g/mol. The summed E-state index contributed by atoms with van der Waals surface area (Å²) in [4.78, 5) is 26.3. The van der Waals surface area contributed by atoms with Gasteiger partial charge in [-0.25, -0.2) is 9.55 Å². The molecule has 43 heavy (non-hydrogen) atoms. The van der Waals surface area contributed by atoms with Crippen molar-refractivity contribution in [3.8, 4) is 5.75 Å². The van der Waals surface area contributed by atoms with Crippen LogP contribution in [0.5, 0.6) is 5.75 Å². The van der Waals surface area contributed by atoms with Crippen molar-refractivity contribution in [1.82, 2.24) is 24.6 Å². The molecule has 0 aliphatic heterocycles. The fourth-order valence-corrected chi connectivity index (χ4v) is 7.15. The van der Waals surface area contributed by atoms with Crippen LogP contribution in [0.25, 0.3) is 11.2 Å². The van der Waals surface area contributed by atoms with Crippen LogP contribution in [0.15, 0.2) is 48.8 Å². The van der Waals surface area contributed by atoms with Gasteiger partial charge in [0.05, 0.1) is 19.0 Å². The Balaban J connectivity index is 1.11. The number of para-hydroxylation sites is 1. The lowest BCUT2D eigenvalue weighted by molar-refractivity contribution is -0.151. The molecule has 0 spiro atoms. The molecule has 4 N–H and O–H groups in total. The summed E-state index contributed by atoms with van der Waals surface area (Å²) in [6.45, 7) is 1.74. The molecular formula is C30H40N7O5P. The lowest BCUT2D eigenvalue weighted by atomic mass is 10.1. The highest BCUT2D eigenvalue weighted by Gasteiger charge is 2.35. The van der Waals surface area contributed by atoms with Gasteiger partial charge in [0.15, 0.2) is 17.0 Å². The van der Waals surface area contributed by atoms with E-state index in [0.29, 0.717) is 35.2 Å². The molecule has 2 saturated carbocycles. The van der Waals surface area contributed by atoms with Gasteiger partial charge in [0.25, 0.3) is 0 Å². The van der Waals surface area contributed by atoms with E-state index >= 15 is 0 Å². The molecule has 2 fully saturated rings. The number of carbonyl (C=O) groups excluding carboxylic acids is 1. The quantitative estimate of drug-likeness (QED) is 0.102. The van der Waals surface area contributed by atoms with E-state index in [1.54, 1.807) is 37.5 Å². The van der Waals surface area contributed by atoms with Gasteiger partial charge in [-0.3, -0.25) is 9.32 Å². The van der Waals surface area contributed by atoms with Crippen LogP contribution < -0.4 is 20.7 Å². The molecule has 4 atom stereocenters. The Kier molecular flexibility index (Phi) is 8.97. The summed E-state index contributed by atoms with van der Waals surface area (Å²) >= 11 is 0. The number of aromatic nitrogens is 4. The Hall–Kier alpha value is -3.47. The lowest BCUT2D eigenvalue weighted by Crippen LogP contribution is -2.37. The number of allylic oxidation sites excluding steroid dienone is 1. The molecule has 0 radical (unpaired) electrons. The maximum atomic E-state index is 14.0. The number of esters is 1. The van der Waals surface area contributed by atoms with Gasteiger partial charge >= 0.3 is 13.7 Å². The predicted molar refractivity (Wildman–Crippen MR) is 163 cm³/mol. The number of fused-ring (bicyclic) bond motifs is 1. The smallest absolute Gasteiger partial charge is 0.459 e. The van der Waals surface area contributed by atoms with Gasteiger partial charge in [-0.05, 0) is 64.0 Å². The maximum Gasteiger partial charge on any atom is 0.459 e. The van der Waals surface area contributed by atoms with Crippen molar-refractivity contribution in [2.24, 2.45) is 5.92 Å². The fourth-order valence-electron chi connectivity index (χ4n) is 5.60. The summed E-state index contributed by atoms with van der Waals surface area (Å²) in [7, 11) is -3.95. The van der Waals surface area contributed by atoms with Crippen molar-refractivity contribution in [3.63, 3.8) is 0 Å². The first kappa shape index (κ1) is 29.6. The van der Waals surface area contributed by atoms with Crippen LogP contribution in [-0.2, 0) is 18.6 Å². The van der Waals surface area contributed by atoms with E-state index in [1.165, 1.54) is 0 Å². The number of benzene rings is 1. The minimum absolute atomic E-state index is 0.0439. The number of imidazole rings is 1. The molecule has 0 amide bonds. The van der Waals surface area contributed by atoms with Crippen molar-refractivity contribution < 1.29 is 23.1 Å². The predicted octanol–water partition coefficient (Wildman–Crippen LogP) is 5.55. The number of ether oxygens (including phenoxy) is 1. The summed E-state index contributed by atoms with van der Waals surface area (Å²) in [6, 6.07) is 8.27. The number of nitrogen functional groups attached to an aromatic ring is 1. The average Bonchev–Trinajstić information content (AvgIpc) is 3.60. The number of nitrogens with one attached hydrogen (secondary N) is 2. The summed E-state index contributed by atoms with van der Waals surface area (Å²) in [6.07, 6.45) is 14.7. The van der Waals surface area contributed by atoms with Gasteiger partial charge in [0, 0.05) is 12.0 Å². The van der Waals surface area contributed by atoms with Crippen LogP contribution in [0.4, 0.5) is 11.8 Å². The molecule has 2 heterocycles. The van der Waals surface area contributed by atoms with Gasteiger partial charge < -0.3 is 24.9 Å². The topological polar surface area (TPSA) is 156 Å². The Labute approximate surface area is 251 Å². The molecular weight excluding hydrogens is 569 g/mol. The van der Waals surface area contributed by atoms with E-state index in [2.05, 4.69) is 31.4 Å². The summed E-state index contributed by atoms with van der Waals surface area (Å²) < 4.78 is 33.6. The molecule has 1 aromatic carbocycles. The minimum Gasteiger partial charge on any atom is -0.461 e. The number of hydrogen-bond acceptors (Lipinski definition) is 10. The van der Waals surface area contributed by atoms with Gasteiger partial charge in [0.2, 0.25) is 5.95 Å². The van der Waals surface area contributed by atoms with Crippen molar-refractivity contribution in [1.29, 1.82) is 0 Å². The molecule has 6 rings (SSSR count). The molecule has 12 nitrogen and oxygen atoms in total. The summed E-state index contributed by atoms with van der Waals surface area (Å²) in [5, 5.41) is 6.21. The lowest BCUT2D eigenvalue weighted by Gasteiger charge is -2.25. The van der Waals surface area contributed by atoms with Crippen molar-refractivity contribution in [2.45, 2.75) is 88.9 Å². The third-order valence-corrected chi connectivity index (χ3v) is 9.73. The molecule has 13 heteroatoms. The van der Waals surface area contributed by atoms with Gasteiger partial charge in [-0.1, -0.05) is 43.2 Å². The summed E-state index contributed by atoms with van der Waals surface area (Å²) in [5.41, 5.74) is 7.37. The third-order valence-electron chi connectivity index (χ3n) is 8.08. The van der Waals surface area contributed by atoms with Crippen molar-refractivity contribution >= 4 is 36.6 Å². The molecule has 2 aromatic heterocycles. The summed E-state index contributed by atoms with van der Waals surface area (Å²) in [5.74, 6) is 0.698. The fraction of sp³-hybridized carbons (Fsp3) is 0.533. The number of nitrogens with zero attached hydrogens (tertiary/aromatic N) is 4. The Morgan fingerprint density at radius 3 is 2.60 bits per heavy atom. The van der Waals surface area contributed by atoms with Crippen LogP contribution in [0.2, 0.25) is 0 Å². The van der Waals surface area contributed by atoms with Crippen molar-refractivity contribution in [3.05, 3.63) is 48.8 Å². The molecule has 3 aliphatic carbocycles. The minimum atomic E-state index is -3.95. The standard InChI is InChI=1S/C30H40N7O5P/c1-20(29(38)41-24-9-5-2-3-6-10-24)36-43(39,42-25-11-7-4-8-12-25)40-18-21-13-16-23(17-21)37-19-32-26-27(33-22-14-15-22)34-30(31)35-28(26)37/h4,7-8,11-13,16,19-24H,2-3,5-6,9-10,14-15,17-18H2,1H3,(H,36,39)(H3,31,33,34,35)/t20-,21+,23-,43?/m0/s1. The Morgan fingerprint density at radius 1 is 1.09 bits per heavy atom. The molecule has 1 unspecified atom stereocenters. The molecule has 0 saturated heterocycles. The van der Waals surface area contributed by atoms with Gasteiger partial charge in [-0.15, -0.1) is 0 Å². The number of rotatable bonds is 12. The Morgan fingerprint density at radius 2 is 1.86 bits per heavy atom. The second-order valence-electron chi connectivity index (χ2n) is 11.7. The molecule has 3 aromatic rings. The van der Waals surface area contributed by atoms with E-state index < -0.39 is 19.8 Å². The zero-order valence-electron chi connectivity index (χ0n) is 24.4. The van der Waals surface area contributed by atoms with E-state index in [4.69, 9.17) is 19.5 Å². The first-order chi connectivity index (χ1) is 20.8. The SMILES string of the molecule is C[C@H](NP(=O)(OC[C@@H]1C=C[C@H](n2cnc3c(NC4CC4)nc(N)nc32)C1)Oc1ccccc1)C(=O)OC1CCCCCC1. The molecule has 0 bridgehead atoms. The second-order valence-corrected chi connectivity index (χ2v) is 13.4. The number of anilines is 2. The largest absolute Gasteiger partial charge is 0.461 e. The van der Waals surface area contributed by atoms with Gasteiger partial charge in [0.1, 0.15) is 17.9 Å².